The Hall–Kier alpha value is -2.27. The summed E-state index contributed by atoms with van der Waals surface area (Å²) in [6, 6.07) is 8.44. The van der Waals surface area contributed by atoms with Crippen LogP contribution in [0.5, 0.6) is 5.75 Å². The Morgan fingerprint density at radius 2 is 1.84 bits per heavy atom. The molecule has 25 heavy (non-hydrogen) atoms. The van der Waals surface area contributed by atoms with Gasteiger partial charge in [-0.2, -0.15) is 0 Å². The molecule has 0 saturated carbocycles. The number of hydrogen-bond donors (Lipinski definition) is 3. The standard InChI is InChI=1S/C19H25N3O.CH5N/c1-12(2)9-13(3)19-21-16-6-5-14(10-17(16)22-19)15-7-8-20-11-18(15)23-4;1-2/h5-8,10-13,19,21-22H,9H2,1-4H3;2H2,1H3. The minimum atomic E-state index is 0.294. The first-order chi connectivity index (χ1) is 12.1. The predicted octanol–water partition coefficient (Wildman–Crippen LogP) is 4.18. The second-order valence-electron chi connectivity index (χ2n) is 6.71. The van der Waals surface area contributed by atoms with E-state index in [1.165, 1.54) is 19.2 Å². The van der Waals surface area contributed by atoms with E-state index in [1.807, 2.05) is 6.07 Å². The van der Waals surface area contributed by atoms with E-state index in [0.717, 1.165) is 22.6 Å². The molecule has 5 nitrogen and oxygen atoms in total. The van der Waals surface area contributed by atoms with Gasteiger partial charge in [0.25, 0.3) is 0 Å². The van der Waals surface area contributed by atoms with Crippen molar-refractivity contribution in [2.75, 3.05) is 24.8 Å². The van der Waals surface area contributed by atoms with E-state index in [1.54, 1.807) is 19.5 Å². The van der Waals surface area contributed by atoms with Crippen molar-refractivity contribution < 1.29 is 4.74 Å². The highest BCUT2D eigenvalue weighted by Gasteiger charge is 2.25. The number of nitrogens with one attached hydrogen (secondary N) is 2. The van der Waals surface area contributed by atoms with Crippen LogP contribution in [0.3, 0.4) is 0 Å². The first kappa shape index (κ1) is 19.1. The number of nitrogens with zero attached hydrogens (tertiary/aromatic N) is 1. The monoisotopic (exact) mass is 342 g/mol. The average molecular weight is 342 g/mol. The SMILES string of the molecule is CN.COc1cnccc1-c1ccc2c(c1)NC(C(C)CC(C)C)N2. The van der Waals surface area contributed by atoms with E-state index < -0.39 is 0 Å². The van der Waals surface area contributed by atoms with E-state index in [-0.39, 0.29) is 0 Å². The molecule has 0 bridgehead atoms. The number of fused-ring (bicyclic) bond motifs is 1. The first-order valence-corrected chi connectivity index (χ1v) is 8.81. The molecule has 2 heterocycles. The number of nitrogens with two attached hydrogens (primary N) is 1. The van der Waals surface area contributed by atoms with Crippen molar-refractivity contribution in [3.63, 3.8) is 0 Å². The van der Waals surface area contributed by atoms with E-state index in [9.17, 15) is 0 Å². The smallest absolute Gasteiger partial charge is 0.144 e. The van der Waals surface area contributed by atoms with E-state index in [0.29, 0.717) is 18.0 Å². The molecule has 0 fully saturated rings. The number of ether oxygens (including phenoxy) is 1. The van der Waals surface area contributed by atoms with Crippen molar-refractivity contribution in [3.05, 3.63) is 36.7 Å². The summed E-state index contributed by atoms with van der Waals surface area (Å²) in [5.41, 5.74) is 9.02. The topological polar surface area (TPSA) is 72.2 Å². The fraction of sp³-hybridized carbons (Fsp3) is 0.450. The van der Waals surface area contributed by atoms with Gasteiger partial charge in [0.1, 0.15) is 5.75 Å². The maximum absolute atomic E-state index is 5.42. The number of benzene rings is 1. The fourth-order valence-electron chi connectivity index (χ4n) is 3.27. The van der Waals surface area contributed by atoms with Gasteiger partial charge >= 0.3 is 0 Å². The highest BCUT2D eigenvalue weighted by Crippen LogP contribution is 2.38. The Kier molecular flexibility index (Phi) is 6.65. The first-order valence-electron chi connectivity index (χ1n) is 8.81. The second-order valence-corrected chi connectivity index (χ2v) is 6.71. The van der Waals surface area contributed by atoms with Crippen molar-refractivity contribution in [2.45, 2.75) is 33.4 Å². The lowest BCUT2D eigenvalue weighted by Gasteiger charge is -2.22. The molecular weight excluding hydrogens is 312 g/mol. The highest BCUT2D eigenvalue weighted by molar-refractivity contribution is 5.82. The van der Waals surface area contributed by atoms with Crippen LogP contribution in [0.15, 0.2) is 36.7 Å². The van der Waals surface area contributed by atoms with Crippen LogP contribution in [0.4, 0.5) is 11.4 Å². The number of aromatic nitrogens is 1. The third-order valence-electron chi connectivity index (χ3n) is 4.37. The van der Waals surface area contributed by atoms with Gasteiger partial charge in [-0.25, -0.2) is 0 Å². The summed E-state index contributed by atoms with van der Waals surface area (Å²) in [5.74, 6) is 2.07. The molecule has 5 heteroatoms. The van der Waals surface area contributed by atoms with E-state index in [4.69, 9.17) is 4.74 Å². The zero-order valence-electron chi connectivity index (χ0n) is 15.8. The summed E-state index contributed by atoms with van der Waals surface area (Å²) >= 11 is 0. The molecule has 2 aromatic rings. The molecule has 0 amide bonds. The summed E-state index contributed by atoms with van der Waals surface area (Å²) < 4.78 is 5.42. The summed E-state index contributed by atoms with van der Waals surface area (Å²) in [4.78, 5) is 4.12. The van der Waals surface area contributed by atoms with E-state index >= 15 is 0 Å². The molecule has 2 unspecified atom stereocenters. The van der Waals surface area contributed by atoms with Crippen molar-refractivity contribution in [2.24, 2.45) is 17.6 Å². The van der Waals surface area contributed by atoms with Gasteiger partial charge in [-0.3, -0.25) is 4.98 Å². The van der Waals surface area contributed by atoms with Gasteiger partial charge in [-0.1, -0.05) is 26.8 Å². The van der Waals surface area contributed by atoms with Gasteiger partial charge in [0, 0.05) is 11.8 Å². The van der Waals surface area contributed by atoms with Crippen molar-refractivity contribution in [1.82, 2.24) is 4.98 Å². The Morgan fingerprint density at radius 1 is 1.12 bits per heavy atom. The minimum Gasteiger partial charge on any atom is -0.494 e. The third-order valence-corrected chi connectivity index (χ3v) is 4.37. The largest absolute Gasteiger partial charge is 0.494 e. The summed E-state index contributed by atoms with van der Waals surface area (Å²) in [6.45, 7) is 6.84. The molecular formula is C20H30N4O. The van der Waals surface area contributed by atoms with E-state index in [2.05, 4.69) is 60.3 Å². The third kappa shape index (κ3) is 4.42. The van der Waals surface area contributed by atoms with Gasteiger partial charge < -0.3 is 21.1 Å². The molecule has 0 saturated heterocycles. The number of pyridine rings is 1. The Morgan fingerprint density at radius 3 is 2.52 bits per heavy atom. The predicted molar refractivity (Wildman–Crippen MR) is 106 cm³/mol. The van der Waals surface area contributed by atoms with Crippen molar-refractivity contribution >= 4 is 11.4 Å². The van der Waals surface area contributed by atoms with Gasteiger partial charge in [-0.05, 0) is 49.1 Å². The number of hydrogen-bond acceptors (Lipinski definition) is 5. The zero-order valence-corrected chi connectivity index (χ0v) is 15.8. The van der Waals surface area contributed by atoms with Crippen LogP contribution in [0.2, 0.25) is 0 Å². The van der Waals surface area contributed by atoms with Crippen LogP contribution < -0.4 is 21.1 Å². The van der Waals surface area contributed by atoms with Crippen LogP contribution in [-0.4, -0.2) is 25.3 Å². The summed E-state index contributed by atoms with van der Waals surface area (Å²) in [6.07, 6.45) is 5.04. The molecule has 3 rings (SSSR count). The average Bonchev–Trinajstić information content (AvgIpc) is 3.06. The van der Waals surface area contributed by atoms with Crippen LogP contribution in [0.1, 0.15) is 27.2 Å². The highest BCUT2D eigenvalue weighted by atomic mass is 16.5. The van der Waals surface area contributed by atoms with Crippen LogP contribution in [0.25, 0.3) is 11.1 Å². The molecule has 1 aromatic heterocycles. The Bertz CT molecular complexity index is 687. The van der Waals surface area contributed by atoms with Crippen LogP contribution >= 0.6 is 0 Å². The van der Waals surface area contributed by atoms with Crippen molar-refractivity contribution in [3.8, 4) is 16.9 Å². The van der Waals surface area contributed by atoms with Gasteiger partial charge in [0.05, 0.1) is 30.8 Å². The molecule has 1 aliphatic heterocycles. The quantitative estimate of drug-likeness (QED) is 0.760. The lowest BCUT2D eigenvalue weighted by molar-refractivity contribution is 0.411. The Balaban J connectivity index is 0.00000109. The number of rotatable bonds is 5. The van der Waals surface area contributed by atoms with Gasteiger partial charge in [-0.15, -0.1) is 0 Å². The molecule has 4 N–H and O–H groups in total. The molecule has 1 aromatic carbocycles. The molecule has 136 valence electrons. The molecule has 0 spiro atoms. The maximum Gasteiger partial charge on any atom is 0.144 e. The van der Waals surface area contributed by atoms with Crippen LogP contribution in [0, 0.1) is 11.8 Å². The Labute approximate surface area is 151 Å². The summed E-state index contributed by atoms with van der Waals surface area (Å²) in [5, 5.41) is 7.21. The van der Waals surface area contributed by atoms with Crippen LogP contribution in [-0.2, 0) is 0 Å². The normalized spacial score (nSPS) is 16.2. The second kappa shape index (κ2) is 8.72. The van der Waals surface area contributed by atoms with Gasteiger partial charge in [0.15, 0.2) is 0 Å². The molecule has 2 atom stereocenters. The van der Waals surface area contributed by atoms with Gasteiger partial charge in [0.2, 0.25) is 0 Å². The fourth-order valence-corrected chi connectivity index (χ4v) is 3.27. The maximum atomic E-state index is 5.42. The molecule has 1 aliphatic rings. The molecule has 0 aliphatic carbocycles. The lowest BCUT2D eigenvalue weighted by atomic mass is 9.96. The number of anilines is 2. The van der Waals surface area contributed by atoms with Crippen molar-refractivity contribution in [1.29, 1.82) is 0 Å². The minimum absolute atomic E-state index is 0.294. The zero-order chi connectivity index (χ0) is 18.4. The number of methoxy groups -OCH3 is 1. The summed E-state index contributed by atoms with van der Waals surface area (Å²) in [7, 11) is 3.18. The molecule has 0 radical (unpaired) electrons. The lowest BCUT2D eigenvalue weighted by Crippen LogP contribution is -2.30.